The van der Waals surface area contributed by atoms with Gasteiger partial charge in [0.25, 0.3) is 5.91 Å². The van der Waals surface area contributed by atoms with E-state index in [1.807, 2.05) is 0 Å². The lowest BCUT2D eigenvalue weighted by Crippen LogP contribution is -2.26. The number of benzene rings is 1. The third kappa shape index (κ3) is 4.80. The molecule has 0 fully saturated rings. The number of halogens is 1. The van der Waals surface area contributed by atoms with Gasteiger partial charge in [0.05, 0.1) is 16.1 Å². The van der Waals surface area contributed by atoms with Crippen molar-refractivity contribution in [3.63, 3.8) is 0 Å². The normalized spacial score (nSPS) is 15.9. The van der Waals surface area contributed by atoms with Crippen molar-refractivity contribution in [1.82, 2.24) is 0 Å². The van der Waals surface area contributed by atoms with Gasteiger partial charge in [0, 0.05) is 4.88 Å². The van der Waals surface area contributed by atoms with Crippen LogP contribution in [0.1, 0.15) is 53.6 Å². The van der Waals surface area contributed by atoms with E-state index in [4.69, 9.17) is 16.3 Å². The topological polar surface area (TPSA) is 79.2 Å². The van der Waals surface area contributed by atoms with Gasteiger partial charge in [0.1, 0.15) is 11.1 Å². The summed E-state index contributed by atoms with van der Waals surface area (Å²) in [6, 6.07) is 8.73. The first-order valence-electron chi connectivity index (χ1n) is 9.47. The van der Waals surface area contributed by atoms with Crippen LogP contribution < -0.4 is 5.32 Å². The Morgan fingerprint density at radius 2 is 2.07 bits per heavy atom. The number of rotatable bonds is 4. The van der Waals surface area contributed by atoms with Crippen molar-refractivity contribution in [3.8, 4) is 6.07 Å². The zero-order valence-corrected chi connectivity index (χ0v) is 18.2. The molecule has 1 heterocycles. The van der Waals surface area contributed by atoms with E-state index in [0.717, 1.165) is 29.7 Å². The van der Waals surface area contributed by atoms with Gasteiger partial charge in [0.2, 0.25) is 0 Å². The molecular formula is C22H23ClN2O3S. The van der Waals surface area contributed by atoms with E-state index in [2.05, 4.69) is 32.2 Å². The Bertz CT molecular complexity index is 985. The smallest absolute Gasteiger partial charge is 0.340 e. The van der Waals surface area contributed by atoms with Crippen LogP contribution >= 0.6 is 22.9 Å². The highest BCUT2D eigenvalue weighted by Gasteiger charge is 2.32. The van der Waals surface area contributed by atoms with Gasteiger partial charge >= 0.3 is 5.97 Å². The van der Waals surface area contributed by atoms with E-state index >= 15 is 0 Å². The van der Waals surface area contributed by atoms with Crippen molar-refractivity contribution in [2.45, 2.75) is 40.0 Å². The molecule has 1 amide bonds. The number of nitrogens with zero attached hydrogens (tertiary/aromatic N) is 1. The highest BCUT2D eigenvalue weighted by atomic mass is 35.5. The molecule has 1 aromatic carbocycles. The summed E-state index contributed by atoms with van der Waals surface area (Å²) in [6.45, 7) is 6.26. The molecule has 5 nitrogen and oxygen atoms in total. The fourth-order valence-corrected chi connectivity index (χ4v) is 5.04. The highest BCUT2D eigenvalue weighted by molar-refractivity contribution is 7.16. The lowest BCUT2D eigenvalue weighted by Gasteiger charge is -2.33. The summed E-state index contributed by atoms with van der Waals surface area (Å²) >= 11 is 7.42. The molecule has 1 aromatic heterocycles. The first-order valence-corrected chi connectivity index (χ1v) is 10.7. The Hall–Kier alpha value is -2.36. The standard InChI is InChI=1S/C22H23ClN2O3S/c1-22(2,3)13-8-9-14-16(11-24)20(29-18(14)10-13)25-19(26)12-28-21(27)15-6-4-5-7-17(15)23/h4-7,13H,8-10,12H2,1-3H3,(H,25,26)/t13-/m1/s1. The Balaban J connectivity index is 1.67. The van der Waals surface area contributed by atoms with E-state index < -0.39 is 18.5 Å². The monoisotopic (exact) mass is 430 g/mol. The molecule has 1 aliphatic carbocycles. The summed E-state index contributed by atoms with van der Waals surface area (Å²) in [5, 5.41) is 13.1. The SMILES string of the molecule is CC(C)(C)[C@@H]1CCc2c(sc(NC(=O)COC(=O)c3ccccc3Cl)c2C#N)C1. The number of esters is 1. The van der Waals surface area contributed by atoms with Gasteiger partial charge in [-0.2, -0.15) is 5.26 Å². The van der Waals surface area contributed by atoms with Crippen LogP contribution in [0, 0.1) is 22.7 Å². The summed E-state index contributed by atoms with van der Waals surface area (Å²) in [4.78, 5) is 25.6. The average Bonchev–Trinajstić information content (AvgIpc) is 3.01. The number of thiophene rings is 1. The number of anilines is 1. The fourth-order valence-electron chi connectivity index (χ4n) is 3.53. The maximum Gasteiger partial charge on any atom is 0.340 e. The molecule has 0 unspecified atom stereocenters. The molecule has 0 saturated carbocycles. The van der Waals surface area contributed by atoms with Gasteiger partial charge in [-0.25, -0.2) is 4.79 Å². The molecule has 1 N–H and O–H groups in total. The van der Waals surface area contributed by atoms with E-state index in [1.165, 1.54) is 17.4 Å². The molecule has 1 aliphatic rings. The Morgan fingerprint density at radius 3 is 2.72 bits per heavy atom. The first kappa shape index (κ1) is 21.4. The molecule has 152 valence electrons. The van der Waals surface area contributed by atoms with Gasteiger partial charge in [-0.1, -0.05) is 44.5 Å². The van der Waals surface area contributed by atoms with Crippen LogP contribution in [0.4, 0.5) is 5.00 Å². The molecule has 0 saturated heterocycles. The summed E-state index contributed by atoms with van der Waals surface area (Å²) in [7, 11) is 0. The third-order valence-corrected chi connectivity index (χ3v) is 6.78. The number of carbonyl (C=O) groups excluding carboxylic acids is 2. The molecular weight excluding hydrogens is 408 g/mol. The quantitative estimate of drug-likeness (QED) is 0.674. The van der Waals surface area contributed by atoms with Gasteiger partial charge in [-0.3, -0.25) is 4.79 Å². The molecule has 2 aromatic rings. The van der Waals surface area contributed by atoms with Crippen molar-refractivity contribution >= 4 is 39.8 Å². The predicted molar refractivity (Wildman–Crippen MR) is 114 cm³/mol. The van der Waals surface area contributed by atoms with Crippen LogP contribution in [0.3, 0.4) is 0 Å². The summed E-state index contributed by atoms with van der Waals surface area (Å²) in [6.07, 6.45) is 2.79. The Morgan fingerprint density at radius 1 is 1.34 bits per heavy atom. The van der Waals surface area contributed by atoms with Gasteiger partial charge in [0.15, 0.2) is 6.61 Å². The number of nitriles is 1. The zero-order chi connectivity index (χ0) is 21.2. The summed E-state index contributed by atoms with van der Waals surface area (Å²) in [5.41, 5.74) is 1.98. The zero-order valence-electron chi connectivity index (χ0n) is 16.7. The fraction of sp³-hybridized carbons (Fsp3) is 0.409. The molecule has 29 heavy (non-hydrogen) atoms. The number of amides is 1. The lowest BCUT2D eigenvalue weighted by atomic mass is 9.72. The summed E-state index contributed by atoms with van der Waals surface area (Å²) in [5.74, 6) is -0.599. The second-order valence-corrected chi connectivity index (χ2v) is 9.74. The van der Waals surface area contributed by atoms with Crippen molar-refractivity contribution in [1.29, 1.82) is 5.26 Å². The van der Waals surface area contributed by atoms with E-state index in [1.54, 1.807) is 18.2 Å². The number of nitrogens with one attached hydrogen (secondary N) is 1. The molecule has 7 heteroatoms. The van der Waals surface area contributed by atoms with Gasteiger partial charge in [-0.05, 0) is 48.3 Å². The van der Waals surface area contributed by atoms with Crippen LogP contribution in [0.25, 0.3) is 0 Å². The van der Waals surface area contributed by atoms with E-state index in [-0.39, 0.29) is 16.0 Å². The third-order valence-electron chi connectivity index (χ3n) is 5.28. The van der Waals surface area contributed by atoms with E-state index in [9.17, 15) is 14.9 Å². The van der Waals surface area contributed by atoms with Crippen molar-refractivity contribution in [3.05, 3.63) is 50.9 Å². The van der Waals surface area contributed by atoms with E-state index in [0.29, 0.717) is 16.5 Å². The molecule has 1 atom stereocenters. The number of hydrogen-bond acceptors (Lipinski definition) is 5. The van der Waals surface area contributed by atoms with Crippen molar-refractivity contribution in [2.75, 3.05) is 11.9 Å². The average molecular weight is 431 g/mol. The minimum absolute atomic E-state index is 0.199. The lowest BCUT2D eigenvalue weighted by molar-refractivity contribution is -0.119. The Labute approximate surface area is 179 Å². The van der Waals surface area contributed by atoms with Crippen LogP contribution in [-0.2, 0) is 22.4 Å². The second kappa shape index (κ2) is 8.56. The second-order valence-electron chi connectivity index (χ2n) is 8.23. The number of ether oxygens (including phenoxy) is 1. The van der Waals surface area contributed by atoms with Crippen LogP contribution in [0.2, 0.25) is 5.02 Å². The van der Waals surface area contributed by atoms with Crippen molar-refractivity contribution < 1.29 is 14.3 Å². The Kier molecular flexibility index (Phi) is 6.30. The van der Waals surface area contributed by atoms with Crippen molar-refractivity contribution in [2.24, 2.45) is 11.3 Å². The molecule has 0 aliphatic heterocycles. The van der Waals surface area contributed by atoms with Gasteiger partial charge < -0.3 is 10.1 Å². The highest BCUT2D eigenvalue weighted by Crippen LogP contribution is 2.43. The van der Waals surface area contributed by atoms with Crippen LogP contribution in [0.15, 0.2) is 24.3 Å². The number of fused-ring (bicyclic) bond motifs is 1. The minimum Gasteiger partial charge on any atom is -0.452 e. The number of hydrogen-bond donors (Lipinski definition) is 1. The molecule has 3 rings (SSSR count). The van der Waals surface area contributed by atoms with Crippen LogP contribution in [-0.4, -0.2) is 18.5 Å². The largest absolute Gasteiger partial charge is 0.452 e. The molecule has 0 radical (unpaired) electrons. The summed E-state index contributed by atoms with van der Waals surface area (Å²) < 4.78 is 5.07. The molecule has 0 spiro atoms. The maximum atomic E-state index is 12.3. The molecule has 0 bridgehead atoms. The van der Waals surface area contributed by atoms with Gasteiger partial charge in [-0.15, -0.1) is 11.3 Å². The van der Waals surface area contributed by atoms with Crippen LogP contribution in [0.5, 0.6) is 0 Å². The minimum atomic E-state index is -0.662. The predicted octanol–water partition coefficient (Wildman–Crippen LogP) is 5.22. The first-order chi connectivity index (χ1) is 13.7. The number of carbonyl (C=O) groups is 2. The maximum absolute atomic E-state index is 12.3.